The molecule has 0 spiro atoms. The number of pyridine rings is 1. The Hall–Kier alpha value is -2.66. The van der Waals surface area contributed by atoms with E-state index in [1.54, 1.807) is 7.05 Å². The second kappa shape index (κ2) is 7.99. The van der Waals surface area contributed by atoms with Gasteiger partial charge in [0, 0.05) is 29.8 Å². The fourth-order valence-corrected chi connectivity index (χ4v) is 3.76. The van der Waals surface area contributed by atoms with Crippen LogP contribution in [0.4, 0.5) is 18.9 Å². The maximum atomic E-state index is 13.0. The maximum Gasteiger partial charge on any atom is 0.416 e. The fourth-order valence-electron chi connectivity index (χ4n) is 2.65. The van der Waals surface area contributed by atoms with Crippen molar-refractivity contribution < 1.29 is 18.1 Å². The summed E-state index contributed by atoms with van der Waals surface area (Å²) < 4.78 is 40.4. The molecular formula is C17H13ClF3N5O2S. The molecule has 3 rings (SSSR count). The van der Waals surface area contributed by atoms with E-state index in [-0.39, 0.29) is 28.1 Å². The summed E-state index contributed by atoms with van der Waals surface area (Å²) in [6, 6.07) is 4.49. The van der Waals surface area contributed by atoms with Crippen molar-refractivity contribution in [1.29, 1.82) is 0 Å². The highest BCUT2D eigenvalue weighted by Crippen LogP contribution is 2.39. The highest BCUT2D eigenvalue weighted by molar-refractivity contribution is 7.99. The molecule has 0 radical (unpaired) electrons. The van der Waals surface area contributed by atoms with E-state index in [0.717, 1.165) is 18.3 Å². The van der Waals surface area contributed by atoms with Gasteiger partial charge in [-0.25, -0.2) is 0 Å². The largest absolute Gasteiger partial charge is 0.416 e. The number of hydrogen-bond donors (Lipinski definition) is 0. The molecule has 1 aromatic carbocycles. The Morgan fingerprint density at radius 3 is 2.55 bits per heavy atom. The number of thioether (sulfide) groups is 1. The number of nitro groups is 1. The molecule has 0 N–H and O–H groups in total. The average molecular weight is 444 g/mol. The zero-order valence-corrected chi connectivity index (χ0v) is 16.6. The highest BCUT2D eigenvalue weighted by Gasteiger charge is 2.31. The number of nitro benzene ring substituents is 1. The lowest BCUT2D eigenvalue weighted by atomic mass is 10.2. The molecule has 0 aliphatic heterocycles. The third kappa shape index (κ3) is 4.20. The van der Waals surface area contributed by atoms with Crippen molar-refractivity contribution in [3.63, 3.8) is 0 Å². The van der Waals surface area contributed by atoms with E-state index in [9.17, 15) is 23.3 Å². The maximum absolute atomic E-state index is 13.0. The molecule has 152 valence electrons. The normalized spacial score (nSPS) is 11.7. The summed E-state index contributed by atoms with van der Waals surface area (Å²) >= 11 is 7.40. The minimum Gasteiger partial charge on any atom is -0.309 e. The number of alkyl halides is 3. The van der Waals surface area contributed by atoms with E-state index in [0.29, 0.717) is 16.2 Å². The quantitative estimate of drug-likeness (QED) is 0.304. The molecule has 0 atom stereocenters. The molecule has 0 unspecified atom stereocenters. The topological polar surface area (TPSA) is 86.7 Å². The summed E-state index contributed by atoms with van der Waals surface area (Å²) in [6.45, 7) is 1.90. The SMILES string of the molecule is CCSc1cc(Cl)c([N+](=O)[O-])cc1-c1nnc(-c2cc(C(F)(F)F)ccn2)n1C. The van der Waals surface area contributed by atoms with Crippen LogP contribution in [0, 0.1) is 10.1 Å². The zero-order chi connectivity index (χ0) is 21.3. The number of hydrogen-bond acceptors (Lipinski definition) is 6. The summed E-state index contributed by atoms with van der Waals surface area (Å²) in [5.41, 5.74) is -0.782. The van der Waals surface area contributed by atoms with Gasteiger partial charge in [0.25, 0.3) is 5.69 Å². The Bertz CT molecular complexity index is 1090. The van der Waals surface area contributed by atoms with Gasteiger partial charge in [-0.3, -0.25) is 15.1 Å². The van der Waals surface area contributed by atoms with Gasteiger partial charge in [-0.05, 0) is 24.0 Å². The molecule has 2 aromatic heterocycles. The molecule has 0 saturated carbocycles. The van der Waals surface area contributed by atoms with Crippen LogP contribution in [0.2, 0.25) is 5.02 Å². The van der Waals surface area contributed by atoms with E-state index >= 15 is 0 Å². The Balaban J connectivity index is 2.15. The van der Waals surface area contributed by atoms with E-state index < -0.39 is 16.7 Å². The van der Waals surface area contributed by atoms with Crippen LogP contribution in [-0.2, 0) is 13.2 Å². The summed E-state index contributed by atoms with van der Waals surface area (Å²) in [7, 11) is 1.55. The van der Waals surface area contributed by atoms with Crippen molar-refractivity contribution in [2.24, 2.45) is 7.05 Å². The van der Waals surface area contributed by atoms with Crippen LogP contribution in [-0.4, -0.2) is 30.4 Å². The minimum absolute atomic E-state index is 0.0170. The van der Waals surface area contributed by atoms with Gasteiger partial charge in [0.1, 0.15) is 10.7 Å². The van der Waals surface area contributed by atoms with Gasteiger partial charge in [0.2, 0.25) is 0 Å². The molecule has 0 aliphatic carbocycles. The Labute approximate surface area is 172 Å². The Kier molecular flexibility index (Phi) is 5.80. The number of aromatic nitrogens is 4. The van der Waals surface area contributed by atoms with E-state index in [1.165, 1.54) is 28.5 Å². The van der Waals surface area contributed by atoms with Crippen LogP contribution in [0.1, 0.15) is 12.5 Å². The standard InChI is InChI=1S/C17H13ClF3N5O2S/c1-3-29-14-8-11(18)13(26(27)28)7-10(14)15-23-24-16(25(15)2)12-6-9(4-5-22-12)17(19,20)21/h4-8H,3H2,1-2H3. The van der Waals surface area contributed by atoms with Crippen molar-refractivity contribution in [3.8, 4) is 22.9 Å². The van der Waals surface area contributed by atoms with Crippen LogP contribution >= 0.6 is 23.4 Å². The molecule has 2 heterocycles. The molecule has 29 heavy (non-hydrogen) atoms. The predicted molar refractivity (Wildman–Crippen MR) is 103 cm³/mol. The third-order valence-corrected chi connectivity index (χ3v) is 5.22. The number of nitrogens with zero attached hydrogens (tertiary/aromatic N) is 5. The number of benzene rings is 1. The third-order valence-electron chi connectivity index (χ3n) is 3.98. The van der Waals surface area contributed by atoms with E-state index in [2.05, 4.69) is 15.2 Å². The van der Waals surface area contributed by atoms with Gasteiger partial charge in [-0.15, -0.1) is 22.0 Å². The van der Waals surface area contributed by atoms with Crippen molar-refractivity contribution in [2.75, 3.05) is 5.75 Å². The van der Waals surface area contributed by atoms with Crippen LogP contribution < -0.4 is 0 Å². The molecular weight excluding hydrogens is 431 g/mol. The summed E-state index contributed by atoms with van der Waals surface area (Å²) in [5.74, 6) is 1.01. The van der Waals surface area contributed by atoms with Crippen LogP contribution in [0.5, 0.6) is 0 Å². The van der Waals surface area contributed by atoms with Crippen LogP contribution in [0.15, 0.2) is 35.4 Å². The first-order chi connectivity index (χ1) is 13.6. The molecule has 3 aromatic rings. The van der Waals surface area contributed by atoms with Crippen molar-refractivity contribution >= 4 is 29.1 Å². The predicted octanol–water partition coefficient (Wildman–Crippen LogP) is 5.24. The van der Waals surface area contributed by atoms with Crippen molar-refractivity contribution in [2.45, 2.75) is 18.0 Å². The lowest BCUT2D eigenvalue weighted by molar-refractivity contribution is -0.384. The fraction of sp³-hybridized carbons (Fsp3) is 0.235. The summed E-state index contributed by atoms with van der Waals surface area (Å²) in [5, 5.41) is 19.3. The van der Waals surface area contributed by atoms with Gasteiger partial charge < -0.3 is 4.57 Å². The lowest BCUT2D eigenvalue weighted by Gasteiger charge is -2.10. The summed E-state index contributed by atoms with van der Waals surface area (Å²) in [4.78, 5) is 15.3. The highest BCUT2D eigenvalue weighted by atomic mass is 35.5. The van der Waals surface area contributed by atoms with Crippen LogP contribution in [0.3, 0.4) is 0 Å². The van der Waals surface area contributed by atoms with Crippen molar-refractivity contribution in [1.82, 2.24) is 19.7 Å². The molecule has 0 aliphatic rings. The molecule has 0 bridgehead atoms. The Morgan fingerprint density at radius 1 is 1.24 bits per heavy atom. The molecule has 0 amide bonds. The second-order valence-corrected chi connectivity index (χ2v) is 7.54. The minimum atomic E-state index is -4.53. The molecule has 7 nitrogen and oxygen atoms in total. The monoisotopic (exact) mass is 443 g/mol. The lowest BCUT2D eigenvalue weighted by Crippen LogP contribution is -2.06. The smallest absolute Gasteiger partial charge is 0.309 e. The van der Waals surface area contributed by atoms with Gasteiger partial charge >= 0.3 is 6.18 Å². The Morgan fingerprint density at radius 2 is 1.93 bits per heavy atom. The first kappa shape index (κ1) is 21.1. The van der Waals surface area contributed by atoms with Gasteiger partial charge in [-0.1, -0.05) is 18.5 Å². The van der Waals surface area contributed by atoms with Crippen LogP contribution in [0.25, 0.3) is 22.9 Å². The first-order valence-electron chi connectivity index (χ1n) is 8.17. The summed E-state index contributed by atoms with van der Waals surface area (Å²) in [6.07, 6.45) is -3.49. The zero-order valence-electron chi connectivity index (χ0n) is 15.1. The molecule has 12 heteroatoms. The van der Waals surface area contributed by atoms with Crippen molar-refractivity contribution in [3.05, 3.63) is 51.2 Å². The van der Waals surface area contributed by atoms with E-state index in [4.69, 9.17) is 11.6 Å². The molecule has 0 fully saturated rings. The van der Waals surface area contributed by atoms with Gasteiger partial charge in [-0.2, -0.15) is 13.2 Å². The second-order valence-electron chi connectivity index (χ2n) is 5.82. The number of halogens is 4. The molecule has 0 saturated heterocycles. The average Bonchev–Trinajstić information content (AvgIpc) is 3.02. The van der Waals surface area contributed by atoms with Gasteiger partial charge in [0.15, 0.2) is 11.6 Å². The van der Waals surface area contributed by atoms with Gasteiger partial charge in [0.05, 0.1) is 10.5 Å². The van der Waals surface area contributed by atoms with E-state index in [1.807, 2.05) is 6.92 Å². The first-order valence-corrected chi connectivity index (χ1v) is 9.54. The number of rotatable bonds is 5.